The van der Waals surface area contributed by atoms with Gasteiger partial charge in [0.1, 0.15) is 18.1 Å². The second kappa shape index (κ2) is 12.0. The highest BCUT2D eigenvalue weighted by Gasteiger charge is 2.33. The lowest BCUT2D eigenvalue weighted by Gasteiger charge is -2.24. The van der Waals surface area contributed by atoms with Crippen molar-refractivity contribution in [3.05, 3.63) is 126 Å². The van der Waals surface area contributed by atoms with Crippen LogP contribution in [0.5, 0.6) is 11.5 Å². The van der Waals surface area contributed by atoms with E-state index in [-0.39, 0.29) is 12.2 Å². The van der Waals surface area contributed by atoms with Gasteiger partial charge in [-0.05, 0) is 74.2 Å². The average Bonchev–Trinajstić information content (AvgIpc) is 3.27. The number of nitrogens with zero attached hydrogens (tertiary/aromatic N) is 2. The maximum absolute atomic E-state index is 13.9. The fraction of sp³-hybridized carbons (Fsp3) is 0.242. The standard InChI is InChI=1S/C33H32N2O5S/c1-6-39-32(37)29-22(4)34-33-35(30(29)24-12-8-7-9-13-24)31(36)28(41-33)18-23-15-16-27(38-5)25(17-23)19-40-26-14-10-11-20(2)21(26)3/h7-18,30H,6,19H2,1-5H3/b28-18-. The third-order valence-electron chi connectivity index (χ3n) is 7.17. The van der Waals surface area contributed by atoms with Gasteiger partial charge in [0.15, 0.2) is 4.80 Å². The highest BCUT2D eigenvalue weighted by molar-refractivity contribution is 7.07. The molecule has 2 heterocycles. The highest BCUT2D eigenvalue weighted by Crippen LogP contribution is 2.30. The van der Waals surface area contributed by atoms with Crippen LogP contribution >= 0.6 is 11.3 Å². The lowest BCUT2D eigenvalue weighted by Crippen LogP contribution is -2.39. The van der Waals surface area contributed by atoms with Crippen LogP contribution in [0.25, 0.3) is 6.08 Å². The van der Waals surface area contributed by atoms with Crippen LogP contribution in [0.4, 0.5) is 0 Å². The van der Waals surface area contributed by atoms with Gasteiger partial charge in [0.2, 0.25) is 0 Å². The van der Waals surface area contributed by atoms with Gasteiger partial charge in [-0.2, -0.15) is 0 Å². The van der Waals surface area contributed by atoms with Crippen molar-refractivity contribution in [3.8, 4) is 11.5 Å². The molecule has 41 heavy (non-hydrogen) atoms. The first-order chi connectivity index (χ1) is 19.8. The van der Waals surface area contributed by atoms with Crippen LogP contribution in [0.3, 0.4) is 0 Å². The number of esters is 1. The molecule has 0 saturated carbocycles. The van der Waals surface area contributed by atoms with Crippen LogP contribution in [0.2, 0.25) is 0 Å². The van der Waals surface area contributed by atoms with Gasteiger partial charge in [-0.15, -0.1) is 0 Å². The summed E-state index contributed by atoms with van der Waals surface area (Å²) in [5.41, 5.74) is 5.44. The third-order valence-corrected chi connectivity index (χ3v) is 8.16. The number of benzene rings is 3. The van der Waals surface area contributed by atoms with E-state index in [1.165, 1.54) is 11.3 Å². The lowest BCUT2D eigenvalue weighted by molar-refractivity contribution is -0.139. The lowest BCUT2D eigenvalue weighted by atomic mass is 9.96. The maximum atomic E-state index is 13.9. The summed E-state index contributed by atoms with van der Waals surface area (Å²) < 4.78 is 19.2. The Hall–Kier alpha value is -4.43. The smallest absolute Gasteiger partial charge is 0.338 e. The van der Waals surface area contributed by atoms with E-state index in [0.717, 1.165) is 33.6 Å². The van der Waals surface area contributed by atoms with E-state index in [9.17, 15) is 9.59 Å². The predicted octanol–water partition coefficient (Wildman–Crippen LogP) is 5.00. The van der Waals surface area contributed by atoms with E-state index < -0.39 is 12.0 Å². The topological polar surface area (TPSA) is 79.1 Å². The van der Waals surface area contributed by atoms with Crippen molar-refractivity contribution in [2.45, 2.75) is 40.3 Å². The van der Waals surface area contributed by atoms with E-state index in [1.54, 1.807) is 25.5 Å². The molecule has 1 atom stereocenters. The van der Waals surface area contributed by atoms with Gasteiger partial charge in [-0.1, -0.05) is 59.9 Å². The molecule has 1 unspecified atom stereocenters. The van der Waals surface area contributed by atoms with Crippen LogP contribution in [-0.4, -0.2) is 24.3 Å². The Morgan fingerprint density at radius 2 is 1.80 bits per heavy atom. The predicted molar refractivity (Wildman–Crippen MR) is 160 cm³/mol. The van der Waals surface area contributed by atoms with E-state index in [1.807, 2.05) is 73.7 Å². The molecule has 0 bridgehead atoms. The first kappa shape index (κ1) is 28.1. The summed E-state index contributed by atoms with van der Waals surface area (Å²) in [6, 6.07) is 20.6. The zero-order chi connectivity index (χ0) is 29.1. The Labute approximate surface area is 242 Å². The Bertz CT molecular complexity index is 1820. The second-order valence-electron chi connectivity index (χ2n) is 9.77. The quantitative estimate of drug-likeness (QED) is 0.280. The van der Waals surface area contributed by atoms with E-state index in [4.69, 9.17) is 14.2 Å². The van der Waals surface area contributed by atoms with Crippen LogP contribution in [0.15, 0.2) is 87.8 Å². The first-order valence-corrected chi connectivity index (χ1v) is 14.2. The van der Waals surface area contributed by atoms with Crippen molar-refractivity contribution in [2.24, 2.45) is 4.99 Å². The number of fused-ring (bicyclic) bond motifs is 1. The van der Waals surface area contributed by atoms with Crippen molar-refractivity contribution in [3.63, 3.8) is 0 Å². The zero-order valence-corrected chi connectivity index (χ0v) is 24.6. The molecule has 5 rings (SSSR count). The molecule has 7 nitrogen and oxygen atoms in total. The molecule has 4 aromatic rings. The third kappa shape index (κ3) is 5.60. The number of hydrogen-bond donors (Lipinski definition) is 0. The minimum absolute atomic E-state index is 0.221. The highest BCUT2D eigenvalue weighted by atomic mass is 32.1. The van der Waals surface area contributed by atoms with Gasteiger partial charge < -0.3 is 14.2 Å². The molecule has 0 aliphatic carbocycles. The molecule has 1 aromatic heterocycles. The fourth-order valence-corrected chi connectivity index (χ4v) is 5.98. The molecule has 210 valence electrons. The van der Waals surface area contributed by atoms with Crippen molar-refractivity contribution < 1.29 is 19.0 Å². The summed E-state index contributed by atoms with van der Waals surface area (Å²) >= 11 is 1.30. The molecule has 1 aliphatic heterocycles. The van der Waals surface area contributed by atoms with Crippen molar-refractivity contribution in [1.82, 2.24) is 4.57 Å². The zero-order valence-electron chi connectivity index (χ0n) is 23.8. The van der Waals surface area contributed by atoms with E-state index in [0.29, 0.717) is 33.0 Å². The normalized spacial score (nSPS) is 14.9. The van der Waals surface area contributed by atoms with Gasteiger partial charge in [-0.25, -0.2) is 9.79 Å². The number of aromatic nitrogens is 1. The van der Waals surface area contributed by atoms with Gasteiger partial charge >= 0.3 is 5.97 Å². The molecule has 0 spiro atoms. The van der Waals surface area contributed by atoms with Crippen molar-refractivity contribution >= 4 is 23.4 Å². The van der Waals surface area contributed by atoms with Gasteiger partial charge in [0.05, 0.1) is 35.6 Å². The number of carbonyl (C=O) groups excluding carboxylic acids is 1. The molecule has 1 aliphatic rings. The molecule has 3 aromatic carbocycles. The number of methoxy groups -OCH3 is 1. The molecular formula is C33H32N2O5S. The number of aryl methyl sites for hydroxylation is 1. The Morgan fingerprint density at radius 3 is 2.54 bits per heavy atom. The minimum atomic E-state index is -0.633. The fourth-order valence-electron chi connectivity index (χ4n) is 4.93. The molecule has 0 radical (unpaired) electrons. The van der Waals surface area contributed by atoms with Gasteiger partial charge in [0.25, 0.3) is 5.56 Å². The average molecular weight is 569 g/mol. The van der Waals surface area contributed by atoms with E-state index >= 15 is 0 Å². The molecule has 0 N–H and O–H groups in total. The monoisotopic (exact) mass is 568 g/mol. The number of carbonyl (C=O) groups is 1. The van der Waals surface area contributed by atoms with Crippen LogP contribution in [0.1, 0.15) is 47.7 Å². The van der Waals surface area contributed by atoms with Gasteiger partial charge in [-0.3, -0.25) is 9.36 Å². The maximum Gasteiger partial charge on any atom is 0.338 e. The molecule has 0 amide bonds. The summed E-state index contributed by atoms with van der Waals surface area (Å²) in [7, 11) is 1.63. The first-order valence-electron chi connectivity index (χ1n) is 13.4. The summed E-state index contributed by atoms with van der Waals surface area (Å²) in [6.07, 6.45) is 1.84. The number of thiazole rings is 1. The Morgan fingerprint density at radius 1 is 1.02 bits per heavy atom. The molecular weight excluding hydrogens is 536 g/mol. The number of rotatable bonds is 8. The summed E-state index contributed by atoms with van der Waals surface area (Å²) in [5.74, 6) is 1.05. The Kier molecular flexibility index (Phi) is 8.21. The van der Waals surface area contributed by atoms with Crippen LogP contribution < -0.4 is 24.4 Å². The molecule has 8 heteroatoms. The number of allylic oxidation sites excluding steroid dienone is 1. The summed E-state index contributed by atoms with van der Waals surface area (Å²) in [6.45, 7) is 8.18. The van der Waals surface area contributed by atoms with Crippen LogP contribution in [0, 0.1) is 13.8 Å². The van der Waals surface area contributed by atoms with Gasteiger partial charge in [0, 0.05) is 5.56 Å². The molecule has 0 saturated heterocycles. The number of hydrogen-bond acceptors (Lipinski definition) is 7. The summed E-state index contributed by atoms with van der Waals surface area (Å²) in [5, 5.41) is 0. The number of ether oxygens (including phenoxy) is 3. The largest absolute Gasteiger partial charge is 0.496 e. The van der Waals surface area contributed by atoms with E-state index in [2.05, 4.69) is 18.0 Å². The van der Waals surface area contributed by atoms with Crippen molar-refractivity contribution in [2.75, 3.05) is 13.7 Å². The minimum Gasteiger partial charge on any atom is -0.496 e. The van der Waals surface area contributed by atoms with Crippen LogP contribution in [-0.2, 0) is 16.1 Å². The Balaban J connectivity index is 1.57. The SMILES string of the molecule is CCOC(=O)C1=C(C)N=c2s/c(=C\c3ccc(OC)c(COc4cccc(C)c4C)c3)c(=O)n2C1c1ccccc1. The summed E-state index contributed by atoms with van der Waals surface area (Å²) in [4.78, 5) is 32.1. The van der Waals surface area contributed by atoms with Crippen molar-refractivity contribution in [1.29, 1.82) is 0 Å². The molecule has 0 fully saturated rings. The second-order valence-corrected chi connectivity index (χ2v) is 10.8.